The normalized spacial score (nSPS) is 16.9. The van der Waals surface area contributed by atoms with Crippen molar-refractivity contribution in [3.63, 3.8) is 0 Å². The number of anilines is 1. The molecule has 1 aliphatic heterocycles. The molecule has 3 rings (SSSR count). The first-order valence-electron chi connectivity index (χ1n) is 7.79. The van der Waals surface area contributed by atoms with Crippen LogP contribution < -0.4 is 9.62 Å². The molecule has 1 N–H and O–H groups in total. The molecule has 0 saturated carbocycles. The van der Waals surface area contributed by atoms with Crippen LogP contribution in [0.5, 0.6) is 0 Å². The van der Waals surface area contributed by atoms with Gasteiger partial charge >= 0.3 is 0 Å². The van der Waals surface area contributed by atoms with E-state index in [-0.39, 0.29) is 11.9 Å². The molecule has 1 aromatic carbocycles. The molecule has 7 heteroatoms. The summed E-state index contributed by atoms with van der Waals surface area (Å²) in [5.74, 6) is -0.125. The van der Waals surface area contributed by atoms with Crippen LogP contribution in [0.4, 0.5) is 5.69 Å². The topological polar surface area (TPSA) is 66.5 Å². The molecule has 0 aliphatic carbocycles. The summed E-state index contributed by atoms with van der Waals surface area (Å²) in [4.78, 5) is 13.5. The highest BCUT2D eigenvalue weighted by Crippen LogP contribution is 2.34. The molecule has 1 aliphatic rings. The van der Waals surface area contributed by atoms with E-state index in [1.807, 2.05) is 24.4 Å². The van der Waals surface area contributed by atoms with Crippen LogP contribution in [0, 0.1) is 0 Å². The number of fused-ring (bicyclic) bond motifs is 1. The van der Waals surface area contributed by atoms with Gasteiger partial charge in [0.25, 0.3) is 5.91 Å². The van der Waals surface area contributed by atoms with Crippen molar-refractivity contribution < 1.29 is 13.2 Å². The first kappa shape index (κ1) is 17.0. The van der Waals surface area contributed by atoms with Crippen LogP contribution in [0.3, 0.4) is 0 Å². The molecule has 1 amide bonds. The summed E-state index contributed by atoms with van der Waals surface area (Å²) >= 11 is 1.68. The Morgan fingerprint density at radius 3 is 2.83 bits per heavy atom. The molecule has 2 heterocycles. The van der Waals surface area contributed by atoms with Crippen LogP contribution >= 0.6 is 11.3 Å². The van der Waals surface area contributed by atoms with Crippen LogP contribution in [0.15, 0.2) is 35.7 Å². The number of hydrogen-bond donors (Lipinski definition) is 1. The van der Waals surface area contributed by atoms with E-state index in [9.17, 15) is 13.2 Å². The van der Waals surface area contributed by atoms with E-state index in [1.165, 1.54) is 15.4 Å². The van der Waals surface area contributed by atoms with Crippen molar-refractivity contribution in [1.29, 1.82) is 0 Å². The SMILES string of the molecule is CC1Cc2cc(C(=O)NCCc3cccs3)ccc2N1S(C)(=O)=O. The summed E-state index contributed by atoms with van der Waals surface area (Å²) in [5, 5.41) is 4.94. The number of nitrogens with zero attached hydrogens (tertiary/aromatic N) is 1. The molecule has 2 aromatic rings. The zero-order valence-corrected chi connectivity index (χ0v) is 15.3. The first-order valence-corrected chi connectivity index (χ1v) is 10.5. The van der Waals surface area contributed by atoms with Gasteiger partial charge in [0, 0.05) is 23.0 Å². The molecule has 0 saturated heterocycles. The molecule has 0 fully saturated rings. The van der Waals surface area contributed by atoms with Crippen LogP contribution in [0.1, 0.15) is 27.7 Å². The largest absolute Gasteiger partial charge is 0.352 e. The second-order valence-electron chi connectivity index (χ2n) is 6.04. The van der Waals surface area contributed by atoms with Crippen LogP contribution in [-0.4, -0.2) is 33.2 Å². The molecule has 1 aromatic heterocycles. The summed E-state index contributed by atoms with van der Waals surface area (Å²) in [6, 6.07) is 9.15. The molecule has 1 atom stereocenters. The third-order valence-corrected chi connectivity index (χ3v) is 6.30. The summed E-state index contributed by atoms with van der Waals surface area (Å²) in [6.07, 6.45) is 2.65. The van der Waals surface area contributed by atoms with Crippen molar-refractivity contribution in [2.24, 2.45) is 0 Å². The van der Waals surface area contributed by atoms with Gasteiger partial charge in [-0.05, 0) is 55.0 Å². The van der Waals surface area contributed by atoms with Crippen LogP contribution in [-0.2, 0) is 22.9 Å². The van der Waals surface area contributed by atoms with E-state index in [4.69, 9.17) is 0 Å². The van der Waals surface area contributed by atoms with Gasteiger partial charge in [-0.3, -0.25) is 9.10 Å². The minimum Gasteiger partial charge on any atom is -0.352 e. The quantitative estimate of drug-likeness (QED) is 0.886. The van der Waals surface area contributed by atoms with Crippen molar-refractivity contribution in [2.45, 2.75) is 25.8 Å². The van der Waals surface area contributed by atoms with Gasteiger partial charge in [-0.2, -0.15) is 0 Å². The zero-order chi connectivity index (χ0) is 17.3. The van der Waals surface area contributed by atoms with E-state index < -0.39 is 10.0 Å². The van der Waals surface area contributed by atoms with Crippen molar-refractivity contribution in [3.05, 3.63) is 51.7 Å². The number of carbonyl (C=O) groups is 1. The number of hydrogen-bond acceptors (Lipinski definition) is 4. The number of sulfonamides is 1. The predicted octanol–water partition coefficient (Wildman–Crippen LogP) is 2.43. The zero-order valence-electron chi connectivity index (χ0n) is 13.7. The highest BCUT2D eigenvalue weighted by atomic mass is 32.2. The number of thiophene rings is 1. The Bertz CT molecular complexity index is 845. The van der Waals surface area contributed by atoms with Crippen molar-refractivity contribution in [1.82, 2.24) is 5.32 Å². The van der Waals surface area contributed by atoms with Gasteiger partial charge in [0.1, 0.15) is 0 Å². The molecule has 0 radical (unpaired) electrons. The molecule has 128 valence electrons. The summed E-state index contributed by atoms with van der Waals surface area (Å²) < 4.78 is 25.3. The van der Waals surface area contributed by atoms with E-state index in [0.717, 1.165) is 12.0 Å². The monoisotopic (exact) mass is 364 g/mol. The Morgan fingerprint density at radius 2 is 2.17 bits per heavy atom. The van der Waals surface area contributed by atoms with Gasteiger partial charge in [0.05, 0.1) is 11.9 Å². The highest BCUT2D eigenvalue weighted by Gasteiger charge is 2.32. The smallest absolute Gasteiger partial charge is 0.251 e. The van der Waals surface area contributed by atoms with Gasteiger partial charge < -0.3 is 5.32 Å². The average molecular weight is 364 g/mol. The van der Waals surface area contributed by atoms with E-state index in [1.54, 1.807) is 29.5 Å². The first-order chi connectivity index (χ1) is 11.4. The standard InChI is InChI=1S/C17H20N2O3S2/c1-12-10-14-11-13(5-6-16(14)19(12)24(2,21)22)17(20)18-8-7-15-4-3-9-23-15/h3-6,9,11-12H,7-8,10H2,1-2H3,(H,18,20). The Kier molecular flexibility index (Phi) is 4.64. The van der Waals surface area contributed by atoms with Gasteiger partial charge in [0.2, 0.25) is 10.0 Å². The Balaban J connectivity index is 1.70. The summed E-state index contributed by atoms with van der Waals surface area (Å²) in [6.45, 7) is 2.46. The lowest BCUT2D eigenvalue weighted by Crippen LogP contribution is -2.34. The molecule has 1 unspecified atom stereocenters. The second kappa shape index (κ2) is 6.57. The maximum absolute atomic E-state index is 12.3. The average Bonchev–Trinajstić information content (AvgIpc) is 3.11. The Morgan fingerprint density at radius 1 is 1.38 bits per heavy atom. The van der Waals surface area contributed by atoms with Crippen LogP contribution in [0.25, 0.3) is 0 Å². The predicted molar refractivity (Wildman–Crippen MR) is 97.3 cm³/mol. The number of amides is 1. The maximum Gasteiger partial charge on any atom is 0.251 e. The molecule has 24 heavy (non-hydrogen) atoms. The minimum atomic E-state index is -3.30. The molecule has 0 spiro atoms. The third-order valence-electron chi connectivity index (χ3n) is 4.09. The fourth-order valence-electron chi connectivity index (χ4n) is 3.11. The number of rotatable bonds is 5. The highest BCUT2D eigenvalue weighted by molar-refractivity contribution is 7.92. The molecular weight excluding hydrogens is 344 g/mol. The maximum atomic E-state index is 12.3. The number of carbonyl (C=O) groups excluding carboxylic acids is 1. The van der Waals surface area contributed by atoms with Crippen molar-refractivity contribution >= 4 is 33.0 Å². The number of benzene rings is 1. The lowest BCUT2D eigenvalue weighted by atomic mass is 10.1. The van der Waals surface area contributed by atoms with Gasteiger partial charge in [-0.15, -0.1) is 11.3 Å². The van der Waals surface area contributed by atoms with Gasteiger partial charge in [0.15, 0.2) is 0 Å². The Labute approximate surface area is 146 Å². The van der Waals surface area contributed by atoms with E-state index in [0.29, 0.717) is 24.2 Å². The number of nitrogens with one attached hydrogen (secondary N) is 1. The lowest BCUT2D eigenvalue weighted by molar-refractivity contribution is 0.0954. The summed E-state index contributed by atoms with van der Waals surface area (Å²) in [5.41, 5.74) is 2.15. The molecular formula is C17H20N2O3S2. The van der Waals surface area contributed by atoms with Crippen molar-refractivity contribution in [2.75, 3.05) is 17.1 Å². The van der Waals surface area contributed by atoms with E-state index in [2.05, 4.69) is 5.32 Å². The second-order valence-corrected chi connectivity index (χ2v) is 8.93. The fourth-order valence-corrected chi connectivity index (χ4v) is 5.08. The van der Waals surface area contributed by atoms with Gasteiger partial charge in [-0.1, -0.05) is 6.07 Å². The third kappa shape index (κ3) is 3.47. The lowest BCUT2D eigenvalue weighted by Gasteiger charge is -2.21. The molecule has 0 bridgehead atoms. The fraction of sp³-hybridized carbons (Fsp3) is 0.353. The minimum absolute atomic E-state index is 0.118. The van der Waals surface area contributed by atoms with Crippen LogP contribution in [0.2, 0.25) is 0 Å². The molecule has 5 nitrogen and oxygen atoms in total. The van der Waals surface area contributed by atoms with E-state index >= 15 is 0 Å². The van der Waals surface area contributed by atoms with Crippen molar-refractivity contribution in [3.8, 4) is 0 Å². The summed E-state index contributed by atoms with van der Waals surface area (Å²) in [7, 11) is -3.30. The Hall–Kier alpha value is -1.86. The van der Waals surface area contributed by atoms with Gasteiger partial charge in [-0.25, -0.2) is 8.42 Å².